The molecule has 2 aromatic rings. The van der Waals surface area contributed by atoms with Gasteiger partial charge in [-0.1, -0.05) is 28.1 Å². The molecule has 0 fully saturated rings. The number of halogens is 3. The number of rotatable bonds is 3. The van der Waals surface area contributed by atoms with E-state index in [-0.39, 0.29) is 11.9 Å². The lowest BCUT2D eigenvalue weighted by atomic mass is 9.93. The van der Waals surface area contributed by atoms with Crippen molar-refractivity contribution < 1.29 is 4.39 Å². The summed E-state index contributed by atoms with van der Waals surface area (Å²) in [6.45, 7) is 4.13. The predicted molar refractivity (Wildman–Crippen MR) is 88.6 cm³/mol. The topological polar surface area (TPSA) is 12.0 Å². The quantitative estimate of drug-likeness (QED) is 0.739. The number of benzene rings is 2. The van der Waals surface area contributed by atoms with Crippen molar-refractivity contribution in [3.63, 3.8) is 0 Å². The summed E-state index contributed by atoms with van der Waals surface area (Å²) in [5.74, 6) is -0.241. The van der Waals surface area contributed by atoms with E-state index < -0.39 is 0 Å². The fourth-order valence-corrected chi connectivity index (χ4v) is 3.01. The lowest BCUT2D eigenvalue weighted by molar-refractivity contribution is 0.610. The second kappa shape index (κ2) is 6.37. The van der Waals surface area contributed by atoms with E-state index in [4.69, 9.17) is 0 Å². The first-order valence-electron chi connectivity index (χ1n) is 6.33. The lowest BCUT2D eigenvalue weighted by Gasteiger charge is -2.21. The third-order valence-electron chi connectivity index (χ3n) is 3.42. The molecule has 0 amide bonds. The molecule has 0 saturated carbocycles. The minimum absolute atomic E-state index is 0.0237. The summed E-state index contributed by atoms with van der Waals surface area (Å²) in [5, 5.41) is 3.27. The second-order valence-electron chi connectivity index (χ2n) is 4.85. The average molecular weight is 401 g/mol. The zero-order valence-electron chi connectivity index (χ0n) is 11.6. The Hall–Kier alpha value is -0.710. The van der Waals surface area contributed by atoms with Gasteiger partial charge in [0, 0.05) is 4.47 Å². The number of aryl methyl sites for hydroxylation is 2. The SMILES string of the molecule is CNC(c1ccc(Br)c(F)c1)c1cc(C)c(Br)cc1C. The minimum Gasteiger partial charge on any atom is -0.309 e. The molecule has 0 aliphatic rings. The van der Waals surface area contributed by atoms with E-state index in [9.17, 15) is 4.39 Å². The molecular formula is C16H16Br2FN. The number of hydrogen-bond donors (Lipinski definition) is 1. The Kier molecular flexibility index (Phi) is 4.99. The van der Waals surface area contributed by atoms with Gasteiger partial charge in [0.2, 0.25) is 0 Å². The molecule has 1 unspecified atom stereocenters. The summed E-state index contributed by atoms with van der Waals surface area (Å²) < 4.78 is 15.3. The van der Waals surface area contributed by atoms with Crippen molar-refractivity contribution in [2.45, 2.75) is 19.9 Å². The van der Waals surface area contributed by atoms with E-state index in [1.807, 2.05) is 13.1 Å². The van der Waals surface area contributed by atoms with Gasteiger partial charge < -0.3 is 5.32 Å². The Bertz CT molecular complexity index is 641. The van der Waals surface area contributed by atoms with E-state index in [0.29, 0.717) is 4.47 Å². The second-order valence-corrected chi connectivity index (χ2v) is 6.56. The highest BCUT2D eigenvalue weighted by Crippen LogP contribution is 2.30. The van der Waals surface area contributed by atoms with Crippen molar-refractivity contribution in [3.8, 4) is 0 Å². The molecule has 0 heterocycles. The van der Waals surface area contributed by atoms with Gasteiger partial charge in [0.15, 0.2) is 0 Å². The molecule has 0 aliphatic carbocycles. The first-order chi connectivity index (χ1) is 9.43. The third kappa shape index (κ3) is 3.13. The van der Waals surface area contributed by atoms with Crippen molar-refractivity contribution in [1.29, 1.82) is 0 Å². The molecule has 106 valence electrons. The number of nitrogens with one attached hydrogen (secondary N) is 1. The monoisotopic (exact) mass is 399 g/mol. The van der Waals surface area contributed by atoms with E-state index in [0.717, 1.165) is 15.6 Å². The van der Waals surface area contributed by atoms with Gasteiger partial charge in [-0.25, -0.2) is 4.39 Å². The van der Waals surface area contributed by atoms with Crippen LogP contribution in [0.25, 0.3) is 0 Å². The summed E-state index contributed by atoms with van der Waals surface area (Å²) in [4.78, 5) is 0. The van der Waals surface area contributed by atoms with Crippen molar-refractivity contribution in [2.24, 2.45) is 0 Å². The highest BCUT2D eigenvalue weighted by molar-refractivity contribution is 9.10. The van der Waals surface area contributed by atoms with Gasteiger partial charge in [0.1, 0.15) is 5.82 Å². The van der Waals surface area contributed by atoms with Crippen LogP contribution < -0.4 is 5.32 Å². The van der Waals surface area contributed by atoms with E-state index in [2.05, 4.69) is 63.2 Å². The van der Waals surface area contributed by atoms with Gasteiger partial charge in [-0.3, -0.25) is 0 Å². The van der Waals surface area contributed by atoms with Crippen LogP contribution in [-0.4, -0.2) is 7.05 Å². The summed E-state index contributed by atoms with van der Waals surface area (Å²) >= 11 is 6.73. The van der Waals surface area contributed by atoms with Crippen LogP contribution in [0.5, 0.6) is 0 Å². The Balaban J connectivity index is 2.52. The summed E-state index contributed by atoms with van der Waals surface area (Å²) in [5.41, 5.74) is 4.42. The first kappa shape index (κ1) is 15.7. The maximum atomic E-state index is 13.8. The molecule has 4 heteroatoms. The van der Waals surface area contributed by atoms with Crippen LogP contribution in [0.4, 0.5) is 4.39 Å². The Morgan fingerprint density at radius 1 is 1.00 bits per heavy atom. The first-order valence-corrected chi connectivity index (χ1v) is 7.91. The molecule has 0 spiro atoms. The molecule has 2 rings (SSSR count). The van der Waals surface area contributed by atoms with E-state index in [1.54, 1.807) is 12.1 Å². The minimum atomic E-state index is -0.241. The van der Waals surface area contributed by atoms with Crippen molar-refractivity contribution in [1.82, 2.24) is 5.32 Å². The molecule has 1 nitrogen and oxygen atoms in total. The third-order valence-corrected chi connectivity index (χ3v) is 4.92. The normalized spacial score (nSPS) is 12.5. The molecule has 0 saturated heterocycles. The van der Waals surface area contributed by atoms with Crippen LogP contribution >= 0.6 is 31.9 Å². The van der Waals surface area contributed by atoms with Crippen LogP contribution in [0.15, 0.2) is 39.3 Å². The van der Waals surface area contributed by atoms with Gasteiger partial charge in [0.25, 0.3) is 0 Å². The number of hydrogen-bond acceptors (Lipinski definition) is 1. The summed E-state index contributed by atoms with van der Waals surface area (Å²) in [6.07, 6.45) is 0. The van der Waals surface area contributed by atoms with Crippen molar-refractivity contribution in [3.05, 3.63) is 67.3 Å². The van der Waals surface area contributed by atoms with Crippen LogP contribution in [0.2, 0.25) is 0 Å². The Morgan fingerprint density at radius 2 is 1.70 bits per heavy atom. The van der Waals surface area contributed by atoms with Gasteiger partial charge in [0.05, 0.1) is 10.5 Å². The predicted octanol–water partition coefficient (Wildman–Crippen LogP) is 5.28. The molecule has 20 heavy (non-hydrogen) atoms. The van der Waals surface area contributed by atoms with Gasteiger partial charge in [-0.15, -0.1) is 0 Å². The largest absolute Gasteiger partial charge is 0.309 e. The molecular weight excluding hydrogens is 385 g/mol. The summed E-state index contributed by atoms with van der Waals surface area (Å²) in [7, 11) is 1.89. The Labute approximate surface area is 135 Å². The maximum Gasteiger partial charge on any atom is 0.137 e. The highest BCUT2D eigenvalue weighted by atomic mass is 79.9. The molecule has 0 aliphatic heterocycles. The molecule has 1 atom stereocenters. The van der Waals surface area contributed by atoms with Crippen LogP contribution in [0.3, 0.4) is 0 Å². The van der Waals surface area contributed by atoms with Crippen molar-refractivity contribution in [2.75, 3.05) is 7.05 Å². The van der Waals surface area contributed by atoms with E-state index in [1.165, 1.54) is 11.1 Å². The molecule has 2 aromatic carbocycles. The van der Waals surface area contributed by atoms with Gasteiger partial charge >= 0.3 is 0 Å². The molecule has 1 N–H and O–H groups in total. The fraction of sp³-hybridized carbons (Fsp3) is 0.250. The van der Waals surface area contributed by atoms with Crippen LogP contribution in [0.1, 0.15) is 28.3 Å². The molecule has 0 aromatic heterocycles. The van der Waals surface area contributed by atoms with Gasteiger partial charge in [-0.05, 0) is 77.3 Å². The average Bonchev–Trinajstić information content (AvgIpc) is 2.40. The molecule has 0 radical (unpaired) electrons. The zero-order valence-corrected chi connectivity index (χ0v) is 14.8. The highest BCUT2D eigenvalue weighted by Gasteiger charge is 2.16. The Morgan fingerprint density at radius 3 is 2.30 bits per heavy atom. The van der Waals surface area contributed by atoms with Gasteiger partial charge in [-0.2, -0.15) is 0 Å². The zero-order chi connectivity index (χ0) is 14.9. The fourth-order valence-electron chi connectivity index (χ4n) is 2.31. The maximum absolute atomic E-state index is 13.8. The standard InChI is InChI=1S/C16H16Br2FN/c1-9-7-14(18)10(2)6-12(9)16(20-3)11-4-5-13(17)15(19)8-11/h4-8,16,20H,1-3H3. The van der Waals surface area contributed by atoms with Crippen LogP contribution in [-0.2, 0) is 0 Å². The smallest absolute Gasteiger partial charge is 0.137 e. The lowest BCUT2D eigenvalue weighted by Crippen LogP contribution is -2.19. The summed E-state index contributed by atoms with van der Waals surface area (Å²) in [6, 6.07) is 9.47. The van der Waals surface area contributed by atoms with Crippen molar-refractivity contribution >= 4 is 31.9 Å². The van der Waals surface area contributed by atoms with E-state index >= 15 is 0 Å². The van der Waals surface area contributed by atoms with Crippen LogP contribution in [0, 0.1) is 19.7 Å². The molecule has 0 bridgehead atoms.